The van der Waals surface area contributed by atoms with Crippen molar-refractivity contribution in [3.05, 3.63) is 0 Å². The quantitative estimate of drug-likeness (QED) is 0.181. The van der Waals surface area contributed by atoms with Crippen LogP contribution in [0.15, 0.2) is 0 Å². The van der Waals surface area contributed by atoms with Crippen molar-refractivity contribution < 1.29 is 78.0 Å². The number of rotatable bonds is 3. The highest BCUT2D eigenvalue weighted by Crippen LogP contribution is 2.59. The second kappa shape index (κ2) is 29.5. The highest BCUT2D eigenvalue weighted by Gasteiger charge is 2.60. The predicted octanol–water partition coefficient (Wildman–Crippen LogP) is 3.30. The summed E-state index contributed by atoms with van der Waals surface area (Å²) in [5.74, 6) is -6.72. The Labute approximate surface area is 545 Å². The van der Waals surface area contributed by atoms with Crippen LogP contribution in [0.4, 0.5) is 0 Å². The summed E-state index contributed by atoms with van der Waals surface area (Å²) in [5.41, 5.74) is 6.76. The van der Waals surface area contributed by atoms with Gasteiger partial charge in [0.25, 0.3) is 0 Å². The summed E-state index contributed by atoms with van der Waals surface area (Å²) in [5, 5.41) is 72.0. The van der Waals surface area contributed by atoms with Crippen molar-refractivity contribution in [2.45, 2.75) is 295 Å². The van der Waals surface area contributed by atoms with Gasteiger partial charge in [0.15, 0.2) is 12.1 Å². The minimum absolute atomic E-state index is 0.0237. The molecule has 6 aliphatic heterocycles. The minimum atomic E-state index is -1.50. The molecule has 14 rings (SSSR count). The van der Waals surface area contributed by atoms with Crippen molar-refractivity contribution in [1.82, 2.24) is 26.6 Å². The van der Waals surface area contributed by atoms with Crippen molar-refractivity contribution in [2.75, 3.05) is 13.2 Å². The van der Waals surface area contributed by atoms with Crippen molar-refractivity contribution in [3.8, 4) is 0 Å². The van der Waals surface area contributed by atoms with E-state index in [1.54, 1.807) is 6.92 Å². The van der Waals surface area contributed by atoms with Gasteiger partial charge in [0, 0.05) is 37.6 Å². The molecule has 91 heavy (non-hydrogen) atoms. The Morgan fingerprint density at radius 2 is 1.26 bits per heavy atom. The second-order valence-corrected chi connectivity index (χ2v) is 31.6. The van der Waals surface area contributed by atoms with E-state index < -0.39 is 156 Å². The largest absolute Gasteiger partial charge is 0.393 e. The number of hydrogen-bond acceptors (Lipinski definition) is 17. The van der Waals surface area contributed by atoms with Crippen LogP contribution in [0.2, 0.25) is 0 Å². The molecular weight excluding hydrogens is 1220 g/mol. The molecule has 22 nitrogen and oxygen atoms in total. The van der Waals surface area contributed by atoms with Gasteiger partial charge in [-0.1, -0.05) is 13.8 Å². The van der Waals surface area contributed by atoms with Crippen LogP contribution in [0.3, 0.4) is 0 Å². The molecule has 6 heterocycles. The fourth-order valence-corrected chi connectivity index (χ4v) is 20.0. The molecule has 15 bridgehead atoms. The lowest BCUT2D eigenvalue weighted by Gasteiger charge is -2.49. The van der Waals surface area contributed by atoms with Gasteiger partial charge in [0.05, 0.1) is 96.6 Å². The molecule has 0 aromatic carbocycles. The summed E-state index contributed by atoms with van der Waals surface area (Å²) >= 11 is 14.8. The van der Waals surface area contributed by atoms with E-state index in [0.717, 1.165) is 0 Å². The number of carbonyl (C=O) groups excluding carboxylic acids is 6. The molecule has 8 aliphatic carbocycles. The van der Waals surface area contributed by atoms with Gasteiger partial charge in [-0.05, 0) is 200 Å². The molecule has 0 aromatic heterocycles. The number of alkyl halides is 2. The lowest BCUT2D eigenvalue weighted by molar-refractivity contribution is -0.271. The number of fused-ring (bicyclic) bond motifs is 14. The van der Waals surface area contributed by atoms with Gasteiger partial charge in [0.2, 0.25) is 29.5 Å². The number of hydrogen-bond donors (Lipinski definition) is 11. The van der Waals surface area contributed by atoms with E-state index in [1.165, 1.54) is 0 Å². The number of Topliss-reactive ketones (excluding diaryl/α,β-unsaturated/α-hetero) is 1. The summed E-state index contributed by atoms with van der Waals surface area (Å²) < 4.78 is 34.4. The van der Waals surface area contributed by atoms with Gasteiger partial charge in [-0.3, -0.25) is 28.8 Å². The first kappa shape index (κ1) is 68.1. The zero-order valence-electron chi connectivity index (χ0n) is 53.1. The zero-order chi connectivity index (χ0) is 64.1. The van der Waals surface area contributed by atoms with Gasteiger partial charge >= 0.3 is 0 Å². The Balaban J connectivity index is 0.953. The SMILES string of the molecule is CCC1CC(O)C(Cl)C(C)C2NC(=O)C(CC3CCC(CC3)OC3CC4CC(OC5CCC(CC5Cl)C[C@H](N)C(=O)NCC5CC(O)CC6C5C5CC(CCC5O)[C@@H](NC(=O)C4NC2=O)C(=O)[C@H]2C[C@@H]62)C3OC2C[C@@H](O)CCO2)NC(=O)CC2CCC(O)C(C2)O1. The summed E-state index contributed by atoms with van der Waals surface area (Å²) in [6.45, 7) is 4.07. The van der Waals surface area contributed by atoms with Gasteiger partial charge in [-0.15, -0.1) is 23.2 Å². The zero-order valence-corrected chi connectivity index (χ0v) is 54.6. The molecule has 14 fully saturated rings. The monoisotopic (exact) mass is 1320 g/mol. The van der Waals surface area contributed by atoms with Crippen LogP contribution >= 0.6 is 23.2 Å². The smallest absolute Gasteiger partial charge is 0.243 e. The third-order valence-corrected chi connectivity index (χ3v) is 25.6. The molecule has 5 amide bonds. The molecule has 0 spiro atoms. The number of carbonyl (C=O) groups is 6. The summed E-state index contributed by atoms with van der Waals surface area (Å²) in [4.78, 5) is 91.4. The van der Waals surface area contributed by atoms with Gasteiger partial charge in [0.1, 0.15) is 24.2 Å². The Kier molecular flexibility index (Phi) is 22.1. The van der Waals surface area contributed by atoms with Crippen LogP contribution < -0.4 is 32.3 Å². The van der Waals surface area contributed by atoms with Crippen LogP contribution in [-0.4, -0.2) is 195 Å². The molecule has 8 saturated carbocycles. The standard InChI is InChI=1S/C67H104Cl2N6O16/c1-3-39-27-50(80)58(69)30(2)59-66(85)75-61-35-23-53(89-40-9-4-31(5-10-40)18-47(65(84)73-59)72-55(81)20-33-6-11-49(79)52(19-33)88-39)63(91-56-26-37(76)14-15-87-56)54(24-35)90-51-13-7-32(16-45(51)68)17-46(70)64(83)71-29-36-21-38(77)25-42-41-28-43(41)62(82)60(74-67(61)86)34-8-12-48(78)44(22-34)57(36)42/h30-54,56-61,63,76-80H,3-29,70H2,1-2H3,(H,71,83)(H,72,81)(H,73,84)(H,74,86)(H,75,85)/t30?,31?,32?,33?,34?,35?,36?,37-,38?,39?,40?,41-,42?,43-,44?,45?,46-,47?,48?,49?,50?,51?,52?,53?,54?,56?,57?,58?,59?,60+,61?,63?/m0/s1. The van der Waals surface area contributed by atoms with E-state index in [4.69, 9.17) is 52.6 Å². The molecule has 0 aromatic rings. The average molecular weight is 1320 g/mol. The summed E-state index contributed by atoms with van der Waals surface area (Å²) in [7, 11) is 0. The molecule has 6 saturated heterocycles. The summed E-state index contributed by atoms with van der Waals surface area (Å²) in [6, 6.07) is -5.90. The molecule has 25 unspecified atom stereocenters. The van der Waals surface area contributed by atoms with Gasteiger partial charge in [-0.2, -0.15) is 0 Å². The fraction of sp³-hybridized carbons (Fsp3) is 0.910. The highest BCUT2D eigenvalue weighted by molar-refractivity contribution is 6.21. The lowest BCUT2D eigenvalue weighted by atomic mass is 9.59. The van der Waals surface area contributed by atoms with Crippen molar-refractivity contribution in [1.29, 1.82) is 0 Å². The number of halogens is 2. The highest BCUT2D eigenvalue weighted by atomic mass is 35.5. The maximum atomic E-state index is 16.3. The maximum absolute atomic E-state index is 16.3. The molecule has 0 radical (unpaired) electrons. The number of nitrogens with one attached hydrogen (secondary N) is 5. The van der Waals surface area contributed by atoms with E-state index in [1.807, 2.05) is 6.92 Å². The first-order valence-corrected chi connectivity index (χ1v) is 36.2. The van der Waals surface area contributed by atoms with Crippen molar-refractivity contribution in [3.63, 3.8) is 0 Å². The van der Waals surface area contributed by atoms with Gasteiger partial charge < -0.3 is 81.5 Å². The average Bonchev–Trinajstić information content (AvgIpc) is 1.61. The van der Waals surface area contributed by atoms with Crippen molar-refractivity contribution in [2.24, 2.45) is 76.7 Å². The number of nitrogens with two attached hydrogens (primary N) is 1. The van der Waals surface area contributed by atoms with Crippen LogP contribution in [0.25, 0.3) is 0 Å². The number of aliphatic hydroxyl groups is 5. The number of aliphatic hydroxyl groups excluding tert-OH is 5. The third kappa shape index (κ3) is 15.6. The van der Waals surface area contributed by atoms with E-state index in [2.05, 4.69) is 26.6 Å². The van der Waals surface area contributed by atoms with Crippen LogP contribution in [0, 0.1) is 71.0 Å². The Morgan fingerprint density at radius 3 is 2.02 bits per heavy atom. The van der Waals surface area contributed by atoms with Crippen molar-refractivity contribution >= 4 is 58.5 Å². The Hall–Kier alpha value is -2.84. The predicted molar refractivity (Wildman–Crippen MR) is 332 cm³/mol. The van der Waals surface area contributed by atoms with Crippen LogP contribution in [0.1, 0.15) is 174 Å². The van der Waals surface area contributed by atoms with E-state index in [9.17, 15) is 35.1 Å². The maximum Gasteiger partial charge on any atom is 0.243 e. The first-order valence-electron chi connectivity index (χ1n) is 35.3. The lowest BCUT2D eigenvalue weighted by Crippen LogP contribution is -2.64. The van der Waals surface area contributed by atoms with E-state index in [0.29, 0.717) is 122 Å². The van der Waals surface area contributed by atoms with Gasteiger partial charge in [-0.25, -0.2) is 0 Å². The topological polar surface area (TPSA) is 336 Å². The second-order valence-electron chi connectivity index (χ2n) is 30.5. The minimum Gasteiger partial charge on any atom is -0.393 e. The fourth-order valence-electron chi connectivity index (χ4n) is 19.3. The summed E-state index contributed by atoms with van der Waals surface area (Å²) in [6.07, 6.45) is 0.550. The van der Waals surface area contributed by atoms with E-state index >= 15 is 19.2 Å². The number of amides is 5. The Bertz CT molecular complexity index is 2570. The normalized spacial score (nSPS) is 49.9. The van der Waals surface area contributed by atoms with Crippen LogP contribution in [0.5, 0.6) is 0 Å². The first-order chi connectivity index (χ1) is 43.6. The molecular formula is C67H104Cl2N6O16. The molecule has 14 aliphatic rings. The molecule has 512 valence electrons. The molecule has 24 heteroatoms. The molecule has 12 N–H and O–H groups in total. The number of ketones is 1. The van der Waals surface area contributed by atoms with Crippen LogP contribution in [-0.2, 0) is 52.5 Å². The Morgan fingerprint density at radius 1 is 0.549 bits per heavy atom. The van der Waals surface area contributed by atoms with E-state index in [-0.39, 0.29) is 123 Å². The third-order valence-electron chi connectivity index (χ3n) is 24.4. The number of ether oxygens (including phenoxy) is 5. The molecule has 30 atom stereocenters.